The molecule has 0 unspecified atom stereocenters. The van der Waals surface area contributed by atoms with Gasteiger partial charge in [0, 0.05) is 4.88 Å². The highest BCUT2D eigenvalue weighted by Crippen LogP contribution is 2.26. The van der Waals surface area contributed by atoms with Crippen molar-refractivity contribution in [1.82, 2.24) is 14.8 Å². The van der Waals surface area contributed by atoms with Crippen LogP contribution in [0.4, 0.5) is 5.69 Å². The largest absolute Gasteiger partial charge is 0.396 e. The summed E-state index contributed by atoms with van der Waals surface area (Å²) in [6, 6.07) is 0. The zero-order valence-corrected chi connectivity index (χ0v) is 11.6. The van der Waals surface area contributed by atoms with E-state index in [1.807, 2.05) is 11.6 Å². The Hall–Kier alpha value is -1.36. The fraction of sp³-hybridized carbons (Fsp3) is 0.500. The van der Waals surface area contributed by atoms with E-state index in [1.165, 1.54) is 4.88 Å². The highest BCUT2D eigenvalue weighted by atomic mass is 32.1. The number of aryl methyl sites for hydroxylation is 3. The van der Waals surface area contributed by atoms with E-state index in [0.717, 1.165) is 40.7 Å². The van der Waals surface area contributed by atoms with E-state index in [9.17, 15) is 0 Å². The summed E-state index contributed by atoms with van der Waals surface area (Å²) in [4.78, 5) is 5.77. The van der Waals surface area contributed by atoms with Gasteiger partial charge in [0.25, 0.3) is 0 Å². The smallest absolute Gasteiger partial charge is 0.211 e. The normalized spacial score (nSPS) is 11.1. The second-order valence-corrected chi connectivity index (χ2v) is 5.25. The van der Waals surface area contributed by atoms with Crippen molar-refractivity contribution in [2.24, 2.45) is 0 Å². The molecule has 0 bridgehead atoms. The van der Waals surface area contributed by atoms with Crippen LogP contribution in [0.15, 0.2) is 0 Å². The Morgan fingerprint density at radius 3 is 2.41 bits per heavy atom. The predicted octanol–water partition coefficient (Wildman–Crippen LogP) is 2.65. The molecular formula is C12H18N4S. The second kappa shape index (κ2) is 4.49. The summed E-state index contributed by atoms with van der Waals surface area (Å²) in [6.45, 7) is 8.27. The maximum absolute atomic E-state index is 6.10. The zero-order valence-electron chi connectivity index (χ0n) is 10.7. The number of rotatable bonds is 3. The molecular weight excluding hydrogens is 232 g/mol. The molecule has 0 radical (unpaired) electrons. The minimum absolute atomic E-state index is 0.820. The molecule has 2 aromatic heterocycles. The number of hydrogen-bond acceptors (Lipinski definition) is 4. The van der Waals surface area contributed by atoms with E-state index in [2.05, 4.69) is 30.9 Å². The van der Waals surface area contributed by atoms with E-state index in [0.29, 0.717) is 0 Å². The molecule has 0 spiro atoms. The van der Waals surface area contributed by atoms with Crippen LogP contribution < -0.4 is 5.73 Å². The monoisotopic (exact) mass is 250 g/mol. The summed E-state index contributed by atoms with van der Waals surface area (Å²) in [6.07, 6.45) is 1.73. The van der Waals surface area contributed by atoms with Gasteiger partial charge in [0.15, 0.2) is 0 Å². The standard InChI is InChI=1S/C12H18N4S/c1-5-9-11(13)10(6-2)16(15-9)12-14-7(3)8(4)17-12/h5-6,13H2,1-4H3. The van der Waals surface area contributed by atoms with Crippen LogP contribution >= 0.6 is 11.3 Å². The molecule has 2 heterocycles. The Morgan fingerprint density at radius 2 is 1.94 bits per heavy atom. The third-order valence-corrected chi connectivity index (χ3v) is 4.01. The molecule has 2 rings (SSSR count). The molecule has 0 fully saturated rings. The van der Waals surface area contributed by atoms with Gasteiger partial charge < -0.3 is 5.73 Å². The molecule has 0 aliphatic heterocycles. The van der Waals surface area contributed by atoms with Crippen molar-refractivity contribution in [1.29, 1.82) is 0 Å². The Bertz CT molecular complexity index is 519. The highest BCUT2D eigenvalue weighted by molar-refractivity contribution is 7.14. The fourth-order valence-corrected chi connectivity index (χ4v) is 2.71. The van der Waals surface area contributed by atoms with Crippen LogP contribution in [0, 0.1) is 13.8 Å². The summed E-state index contributed by atoms with van der Waals surface area (Å²) in [7, 11) is 0. The van der Waals surface area contributed by atoms with Crippen LogP contribution in [-0.2, 0) is 12.8 Å². The third-order valence-electron chi connectivity index (χ3n) is 2.97. The average Bonchev–Trinajstić information content (AvgIpc) is 2.80. The van der Waals surface area contributed by atoms with Crippen molar-refractivity contribution in [3.05, 3.63) is 22.0 Å². The molecule has 0 saturated heterocycles. The predicted molar refractivity (Wildman–Crippen MR) is 71.9 cm³/mol. The van der Waals surface area contributed by atoms with Gasteiger partial charge in [0.1, 0.15) is 0 Å². The molecule has 0 aromatic carbocycles. The van der Waals surface area contributed by atoms with Gasteiger partial charge >= 0.3 is 0 Å². The summed E-state index contributed by atoms with van der Waals surface area (Å²) < 4.78 is 1.90. The van der Waals surface area contributed by atoms with Gasteiger partial charge in [0.2, 0.25) is 5.13 Å². The first-order valence-corrected chi connectivity index (χ1v) is 6.70. The lowest BCUT2D eigenvalue weighted by molar-refractivity contribution is 0.786. The van der Waals surface area contributed by atoms with Crippen molar-refractivity contribution < 1.29 is 0 Å². The van der Waals surface area contributed by atoms with Crippen molar-refractivity contribution in [3.63, 3.8) is 0 Å². The fourth-order valence-electron chi connectivity index (χ4n) is 1.82. The maximum Gasteiger partial charge on any atom is 0.211 e. The SMILES string of the molecule is CCc1nn(-c2nc(C)c(C)s2)c(CC)c1N. The Kier molecular flexibility index (Phi) is 3.19. The second-order valence-electron chi connectivity index (χ2n) is 4.06. The number of aromatic nitrogens is 3. The van der Waals surface area contributed by atoms with Gasteiger partial charge in [-0.05, 0) is 26.7 Å². The molecule has 92 valence electrons. The molecule has 4 nitrogen and oxygen atoms in total. The van der Waals surface area contributed by atoms with E-state index in [-0.39, 0.29) is 0 Å². The van der Waals surface area contributed by atoms with Crippen LogP contribution in [0.5, 0.6) is 0 Å². The summed E-state index contributed by atoms with van der Waals surface area (Å²) in [5, 5.41) is 5.48. The van der Waals surface area contributed by atoms with Crippen LogP contribution in [-0.4, -0.2) is 14.8 Å². The van der Waals surface area contributed by atoms with E-state index in [1.54, 1.807) is 11.3 Å². The van der Waals surface area contributed by atoms with Crippen molar-refractivity contribution >= 4 is 17.0 Å². The molecule has 0 aliphatic carbocycles. The van der Waals surface area contributed by atoms with Crippen LogP contribution in [0.1, 0.15) is 35.8 Å². The lowest BCUT2D eigenvalue weighted by atomic mass is 10.2. The minimum Gasteiger partial charge on any atom is -0.396 e. The molecule has 0 amide bonds. The first-order chi connectivity index (χ1) is 8.08. The molecule has 0 aliphatic rings. The van der Waals surface area contributed by atoms with Crippen molar-refractivity contribution in [2.45, 2.75) is 40.5 Å². The lowest BCUT2D eigenvalue weighted by Gasteiger charge is -2.01. The first kappa shape index (κ1) is 12.1. The maximum atomic E-state index is 6.10. The molecule has 2 aromatic rings. The first-order valence-electron chi connectivity index (χ1n) is 5.89. The number of nitrogens with two attached hydrogens (primary N) is 1. The van der Waals surface area contributed by atoms with Gasteiger partial charge in [-0.2, -0.15) is 5.10 Å². The number of nitrogens with zero attached hydrogens (tertiary/aromatic N) is 3. The van der Waals surface area contributed by atoms with E-state index in [4.69, 9.17) is 5.73 Å². The minimum atomic E-state index is 0.820. The molecule has 5 heteroatoms. The molecule has 2 N–H and O–H groups in total. The topological polar surface area (TPSA) is 56.7 Å². The Labute approximate surface area is 105 Å². The van der Waals surface area contributed by atoms with Gasteiger partial charge in [-0.15, -0.1) is 0 Å². The molecule has 0 atom stereocenters. The van der Waals surface area contributed by atoms with Crippen LogP contribution in [0.2, 0.25) is 0 Å². The van der Waals surface area contributed by atoms with E-state index >= 15 is 0 Å². The highest BCUT2D eigenvalue weighted by Gasteiger charge is 2.16. The van der Waals surface area contributed by atoms with E-state index < -0.39 is 0 Å². The third kappa shape index (κ3) is 1.95. The average molecular weight is 250 g/mol. The van der Waals surface area contributed by atoms with Crippen LogP contribution in [0.25, 0.3) is 5.13 Å². The Balaban J connectivity index is 2.58. The zero-order chi connectivity index (χ0) is 12.6. The van der Waals surface area contributed by atoms with Gasteiger partial charge in [0.05, 0.1) is 22.8 Å². The molecule has 0 saturated carbocycles. The van der Waals surface area contributed by atoms with Crippen molar-refractivity contribution in [3.8, 4) is 5.13 Å². The van der Waals surface area contributed by atoms with Gasteiger partial charge in [-0.3, -0.25) is 0 Å². The number of nitrogen functional groups attached to an aromatic ring is 1. The lowest BCUT2D eigenvalue weighted by Crippen LogP contribution is -2.02. The summed E-state index contributed by atoms with van der Waals surface area (Å²) in [5.41, 5.74) is 10.0. The summed E-state index contributed by atoms with van der Waals surface area (Å²) in [5.74, 6) is 0. The Morgan fingerprint density at radius 1 is 1.24 bits per heavy atom. The number of anilines is 1. The molecule has 17 heavy (non-hydrogen) atoms. The number of hydrogen-bond donors (Lipinski definition) is 1. The van der Waals surface area contributed by atoms with Crippen LogP contribution in [0.3, 0.4) is 0 Å². The number of thiazole rings is 1. The van der Waals surface area contributed by atoms with Crippen molar-refractivity contribution in [2.75, 3.05) is 5.73 Å². The quantitative estimate of drug-likeness (QED) is 0.911. The van der Waals surface area contributed by atoms with Gasteiger partial charge in [-0.1, -0.05) is 25.2 Å². The summed E-state index contributed by atoms with van der Waals surface area (Å²) >= 11 is 1.66. The van der Waals surface area contributed by atoms with Gasteiger partial charge in [-0.25, -0.2) is 9.67 Å².